The summed E-state index contributed by atoms with van der Waals surface area (Å²) in [6.07, 6.45) is 0.938. The van der Waals surface area contributed by atoms with E-state index in [1.165, 1.54) is 4.88 Å². The molecule has 0 aliphatic heterocycles. The smallest absolute Gasteiger partial charge is 0.126 e. The van der Waals surface area contributed by atoms with Crippen LogP contribution in [0, 0.1) is 0 Å². The van der Waals surface area contributed by atoms with Crippen molar-refractivity contribution in [3.8, 4) is 5.75 Å². The molecule has 0 aliphatic rings. The van der Waals surface area contributed by atoms with Crippen LogP contribution in [0.1, 0.15) is 28.3 Å². The molecule has 0 saturated carbocycles. The Bertz CT molecular complexity index is 551. The van der Waals surface area contributed by atoms with Gasteiger partial charge >= 0.3 is 0 Å². The van der Waals surface area contributed by atoms with E-state index in [-0.39, 0.29) is 0 Å². The van der Waals surface area contributed by atoms with Crippen molar-refractivity contribution in [2.75, 3.05) is 7.11 Å². The molecule has 1 aromatic carbocycles. The Hall–Kier alpha value is -1.03. The Morgan fingerprint density at radius 2 is 2.00 bits per heavy atom. The van der Waals surface area contributed by atoms with Crippen molar-refractivity contribution in [2.45, 2.75) is 25.9 Å². The maximum absolute atomic E-state index is 10.4. The van der Waals surface area contributed by atoms with Crippen LogP contribution in [0.15, 0.2) is 30.3 Å². The summed E-state index contributed by atoms with van der Waals surface area (Å²) in [6, 6.07) is 9.58. The average molecular weight is 297 g/mol. The van der Waals surface area contributed by atoms with Crippen molar-refractivity contribution >= 4 is 22.9 Å². The molecule has 0 fully saturated rings. The number of benzene rings is 1. The van der Waals surface area contributed by atoms with Gasteiger partial charge in [0.25, 0.3) is 0 Å². The zero-order valence-corrected chi connectivity index (χ0v) is 12.6. The van der Waals surface area contributed by atoms with Crippen LogP contribution in [0.3, 0.4) is 0 Å². The second-order valence-electron chi connectivity index (χ2n) is 4.30. The summed E-state index contributed by atoms with van der Waals surface area (Å²) in [5.41, 5.74) is 0.665. The van der Waals surface area contributed by atoms with Crippen LogP contribution < -0.4 is 4.74 Å². The molecule has 4 heteroatoms. The lowest BCUT2D eigenvalue weighted by Gasteiger charge is -2.15. The first-order chi connectivity index (χ1) is 9.15. The molecule has 1 unspecified atom stereocenters. The number of rotatable bonds is 5. The second-order valence-corrected chi connectivity index (χ2v) is 5.96. The normalized spacial score (nSPS) is 12.4. The van der Waals surface area contributed by atoms with Crippen LogP contribution in [0.25, 0.3) is 0 Å². The van der Waals surface area contributed by atoms with Gasteiger partial charge in [-0.15, -0.1) is 11.3 Å². The SMILES string of the molecule is CCc1ccc(CC(O)c2c(Cl)cccc2OC)s1. The zero-order valence-electron chi connectivity index (χ0n) is 11.0. The minimum Gasteiger partial charge on any atom is -0.496 e. The first-order valence-corrected chi connectivity index (χ1v) is 7.43. The zero-order chi connectivity index (χ0) is 13.8. The summed E-state index contributed by atoms with van der Waals surface area (Å²) in [6.45, 7) is 2.13. The molecule has 1 aromatic heterocycles. The van der Waals surface area contributed by atoms with E-state index in [0.29, 0.717) is 22.8 Å². The summed E-state index contributed by atoms with van der Waals surface area (Å²) >= 11 is 7.90. The van der Waals surface area contributed by atoms with Crippen LogP contribution in [-0.4, -0.2) is 12.2 Å². The first-order valence-electron chi connectivity index (χ1n) is 6.23. The van der Waals surface area contributed by atoms with E-state index in [4.69, 9.17) is 16.3 Å². The van der Waals surface area contributed by atoms with E-state index in [1.54, 1.807) is 24.5 Å². The molecule has 0 saturated heterocycles. The Labute approximate surface area is 122 Å². The Kier molecular flexibility index (Phi) is 4.86. The highest BCUT2D eigenvalue weighted by Crippen LogP contribution is 2.34. The van der Waals surface area contributed by atoms with Crippen LogP contribution >= 0.6 is 22.9 Å². The van der Waals surface area contributed by atoms with Gasteiger partial charge in [-0.05, 0) is 30.7 Å². The maximum Gasteiger partial charge on any atom is 0.126 e. The Balaban J connectivity index is 2.22. The van der Waals surface area contributed by atoms with Gasteiger partial charge in [0.05, 0.1) is 18.2 Å². The highest BCUT2D eigenvalue weighted by molar-refractivity contribution is 7.11. The molecular formula is C15H17ClO2S. The molecule has 0 spiro atoms. The number of aliphatic hydroxyl groups is 1. The van der Waals surface area contributed by atoms with Crippen LogP contribution in [0.5, 0.6) is 5.75 Å². The second kappa shape index (κ2) is 6.42. The van der Waals surface area contributed by atoms with Gasteiger partial charge in [0.15, 0.2) is 0 Å². The van der Waals surface area contributed by atoms with E-state index in [2.05, 4.69) is 19.1 Å². The van der Waals surface area contributed by atoms with E-state index in [9.17, 15) is 5.11 Å². The third-order valence-corrected chi connectivity index (χ3v) is 4.61. The predicted molar refractivity (Wildman–Crippen MR) is 80.4 cm³/mol. The fourth-order valence-corrected chi connectivity index (χ4v) is 3.32. The van der Waals surface area contributed by atoms with Gasteiger partial charge in [0, 0.05) is 21.7 Å². The lowest BCUT2D eigenvalue weighted by Crippen LogP contribution is -2.04. The third-order valence-electron chi connectivity index (χ3n) is 3.03. The van der Waals surface area contributed by atoms with Gasteiger partial charge in [-0.25, -0.2) is 0 Å². The molecular weight excluding hydrogens is 280 g/mol. The molecule has 0 radical (unpaired) electrons. The van der Waals surface area contributed by atoms with Crippen LogP contribution in [0.4, 0.5) is 0 Å². The molecule has 2 aromatic rings. The number of ether oxygens (including phenoxy) is 1. The fraction of sp³-hybridized carbons (Fsp3) is 0.333. The minimum absolute atomic E-state index is 0.541. The quantitative estimate of drug-likeness (QED) is 0.894. The minimum atomic E-state index is -0.646. The monoisotopic (exact) mass is 296 g/mol. The lowest BCUT2D eigenvalue weighted by atomic mass is 10.0. The van der Waals surface area contributed by atoms with E-state index >= 15 is 0 Å². The van der Waals surface area contributed by atoms with Crippen molar-refractivity contribution < 1.29 is 9.84 Å². The van der Waals surface area contributed by atoms with Crippen molar-refractivity contribution in [1.29, 1.82) is 0 Å². The van der Waals surface area contributed by atoms with Gasteiger partial charge in [0.2, 0.25) is 0 Å². The summed E-state index contributed by atoms with van der Waals surface area (Å²) in [4.78, 5) is 2.49. The highest BCUT2D eigenvalue weighted by Gasteiger charge is 2.18. The van der Waals surface area contributed by atoms with Gasteiger partial charge < -0.3 is 9.84 Å². The summed E-state index contributed by atoms with van der Waals surface area (Å²) in [5.74, 6) is 0.632. The van der Waals surface area contributed by atoms with E-state index in [1.807, 2.05) is 12.1 Å². The molecule has 1 heterocycles. The number of methoxy groups -OCH3 is 1. The molecule has 1 N–H and O–H groups in total. The molecule has 1 atom stereocenters. The maximum atomic E-state index is 10.4. The van der Waals surface area contributed by atoms with Crippen LogP contribution in [0.2, 0.25) is 5.02 Å². The topological polar surface area (TPSA) is 29.5 Å². The van der Waals surface area contributed by atoms with Gasteiger partial charge in [-0.2, -0.15) is 0 Å². The predicted octanol–water partition coefficient (Wildman–Crippen LogP) is 4.25. The molecule has 0 amide bonds. The fourth-order valence-electron chi connectivity index (χ4n) is 2.03. The summed E-state index contributed by atoms with van der Waals surface area (Å²) < 4.78 is 5.27. The molecule has 2 nitrogen and oxygen atoms in total. The van der Waals surface area contributed by atoms with Crippen molar-refractivity contribution in [1.82, 2.24) is 0 Å². The summed E-state index contributed by atoms with van der Waals surface area (Å²) in [5, 5.41) is 10.9. The molecule has 19 heavy (non-hydrogen) atoms. The molecule has 0 bridgehead atoms. The largest absolute Gasteiger partial charge is 0.496 e. The van der Waals surface area contributed by atoms with E-state index in [0.717, 1.165) is 11.3 Å². The number of thiophene rings is 1. The Morgan fingerprint density at radius 1 is 1.26 bits per heavy atom. The lowest BCUT2D eigenvalue weighted by molar-refractivity contribution is 0.175. The molecule has 102 valence electrons. The summed E-state index contributed by atoms with van der Waals surface area (Å²) in [7, 11) is 1.59. The van der Waals surface area contributed by atoms with E-state index < -0.39 is 6.10 Å². The average Bonchev–Trinajstić information content (AvgIpc) is 2.85. The molecule has 0 aliphatic carbocycles. The van der Waals surface area contributed by atoms with Crippen LogP contribution in [-0.2, 0) is 12.8 Å². The van der Waals surface area contributed by atoms with Gasteiger partial charge in [-0.3, -0.25) is 0 Å². The first kappa shape index (κ1) is 14.4. The molecule has 2 rings (SSSR count). The standard InChI is InChI=1S/C15H17ClO2S/c1-3-10-7-8-11(19-10)9-13(17)15-12(16)5-4-6-14(15)18-2/h4-8,13,17H,3,9H2,1-2H3. The van der Waals surface area contributed by atoms with Gasteiger partial charge in [-0.1, -0.05) is 24.6 Å². The number of hydrogen-bond acceptors (Lipinski definition) is 3. The number of hydrogen-bond donors (Lipinski definition) is 1. The van der Waals surface area contributed by atoms with Crippen molar-refractivity contribution in [2.24, 2.45) is 0 Å². The number of aryl methyl sites for hydroxylation is 1. The Morgan fingerprint density at radius 3 is 2.63 bits per heavy atom. The number of halogens is 1. The highest BCUT2D eigenvalue weighted by atomic mass is 35.5. The van der Waals surface area contributed by atoms with Gasteiger partial charge in [0.1, 0.15) is 5.75 Å². The number of aliphatic hydroxyl groups excluding tert-OH is 1. The van der Waals surface area contributed by atoms with Crippen molar-refractivity contribution in [3.05, 3.63) is 50.7 Å². The van der Waals surface area contributed by atoms with Crippen molar-refractivity contribution in [3.63, 3.8) is 0 Å². The third kappa shape index (κ3) is 3.30.